The molecule has 1 aliphatic rings. The predicted octanol–water partition coefficient (Wildman–Crippen LogP) is 4.92. The van der Waals surface area contributed by atoms with Crippen molar-refractivity contribution >= 4 is 5.97 Å². The number of rotatable bonds is 4. The molecule has 4 rings (SSSR count). The number of methoxy groups -OCH3 is 1. The van der Waals surface area contributed by atoms with Crippen molar-refractivity contribution in [1.29, 1.82) is 0 Å². The van der Waals surface area contributed by atoms with Crippen LogP contribution in [-0.4, -0.2) is 36.1 Å². The third kappa shape index (κ3) is 5.59. The Morgan fingerprint density at radius 2 is 1.58 bits per heavy atom. The lowest BCUT2D eigenvalue weighted by Crippen LogP contribution is -2.29. The van der Waals surface area contributed by atoms with Gasteiger partial charge in [0, 0.05) is 29.4 Å². The molecule has 4 heteroatoms. The molecule has 0 aliphatic carbocycles. The number of ether oxygens (including phenoxy) is 1. The van der Waals surface area contributed by atoms with E-state index in [4.69, 9.17) is 4.74 Å². The van der Waals surface area contributed by atoms with Gasteiger partial charge in [-0.3, -0.25) is 9.88 Å². The van der Waals surface area contributed by atoms with Crippen LogP contribution in [0.1, 0.15) is 46.3 Å². The lowest BCUT2D eigenvalue weighted by atomic mass is 10.1. The number of carbonyl (C=O) groups excluding carboxylic acids is 1. The average molecular weight is 411 g/mol. The second-order valence-electron chi connectivity index (χ2n) is 7.78. The van der Waals surface area contributed by atoms with E-state index in [1.54, 1.807) is 18.3 Å². The summed E-state index contributed by atoms with van der Waals surface area (Å²) in [7, 11) is 1.37. The highest BCUT2D eigenvalue weighted by Gasteiger charge is 2.10. The fourth-order valence-electron chi connectivity index (χ4n) is 3.77. The molecule has 0 atom stereocenters. The van der Waals surface area contributed by atoms with Crippen LogP contribution in [0.15, 0.2) is 66.9 Å². The van der Waals surface area contributed by atoms with E-state index in [-0.39, 0.29) is 5.97 Å². The number of nitrogens with zero attached hydrogens (tertiary/aromatic N) is 2. The molecule has 0 radical (unpaired) electrons. The Labute approximate surface area is 183 Å². The van der Waals surface area contributed by atoms with Gasteiger partial charge in [-0.2, -0.15) is 0 Å². The standard InChI is InChI=1S/C27H26N2O2/c1-31-27(30)25-15-16-28-26(19-25)24-13-11-22(12-14-24)6-5-21-7-9-23(10-8-21)20-29-17-3-2-4-18-29/h7-16,19H,2-4,17-18,20H2,1H3. The smallest absolute Gasteiger partial charge is 0.337 e. The molecule has 0 spiro atoms. The van der Waals surface area contributed by atoms with E-state index >= 15 is 0 Å². The van der Waals surface area contributed by atoms with Crippen LogP contribution >= 0.6 is 0 Å². The number of pyridine rings is 1. The molecule has 2 heterocycles. The highest BCUT2D eigenvalue weighted by molar-refractivity contribution is 5.90. The maximum absolute atomic E-state index is 11.7. The summed E-state index contributed by atoms with van der Waals surface area (Å²) >= 11 is 0. The van der Waals surface area contributed by atoms with Gasteiger partial charge < -0.3 is 4.74 Å². The predicted molar refractivity (Wildman–Crippen MR) is 123 cm³/mol. The first-order valence-corrected chi connectivity index (χ1v) is 10.7. The van der Waals surface area contributed by atoms with Crippen LogP contribution in [0, 0.1) is 11.8 Å². The van der Waals surface area contributed by atoms with Crippen molar-refractivity contribution in [3.63, 3.8) is 0 Å². The van der Waals surface area contributed by atoms with Crippen molar-refractivity contribution < 1.29 is 9.53 Å². The Morgan fingerprint density at radius 3 is 2.23 bits per heavy atom. The van der Waals surface area contributed by atoms with Crippen molar-refractivity contribution in [3.8, 4) is 23.1 Å². The maximum Gasteiger partial charge on any atom is 0.337 e. The number of aromatic nitrogens is 1. The molecule has 1 saturated heterocycles. The third-order valence-electron chi connectivity index (χ3n) is 5.52. The number of carbonyl (C=O) groups is 1. The van der Waals surface area contributed by atoms with Gasteiger partial charge in [0.1, 0.15) is 0 Å². The molecule has 3 aromatic rings. The maximum atomic E-state index is 11.7. The van der Waals surface area contributed by atoms with Crippen LogP contribution in [-0.2, 0) is 11.3 Å². The van der Waals surface area contributed by atoms with E-state index in [0.717, 1.165) is 28.9 Å². The van der Waals surface area contributed by atoms with E-state index in [1.165, 1.54) is 45.0 Å². The average Bonchev–Trinajstić information content (AvgIpc) is 2.84. The molecular formula is C27H26N2O2. The lowest BCUT2D eigenvalue weighted by Gasteiger charge is -2.26. The Balaban J connectivity index is 1.41. The van der Waals surface area contributed by atoms with E-state index in [1.807, 2.05) is 24.3 Å². The van der Waals surface area contributed by atoms with Crippen LogP contribution in [0.4, 0.5) is 0 Å². The molecule has 2 aromatic carbocycles. The molecule has 4 nitrogen and oxygen atoms in total. The largest absolute Gasteiger partial charge is 0.465 e. The Hall–Kier alpha value is -3.42. The first-order chi connectivity index (χ1) is 15.2. The van der Waals surface area contributed by atoms with Gasteiger partial charge in [-0.25, -0.2) is 4.79 Å². The normalized spacial score (nSPS) is 13.8. The number of hydrogen-bond acceptors (Lipinski definition) is 4. The minimum atomic E-state index is -0.368. The molecule has 0 unspecified atom stereocenters. The van der Waals surface area contributed by atoms with Gasteiger partial charge in [0.2, 0.25) is 0 Å². The minimum absolute atomic E-state index is 0.368. The summed E-state index contributed by atoms with van der Waals surface area (Å²) in [4.78, 5) is 18.6. The Bertz CT molecular complexity index is 1090. The van der Waals surface area contributed by atoms with Crippen LogP contribution in [0.2, 0.25) is 0 Å². The highest BCUT2D eigenvalue weighted by Crippen LogP contribution is 2.19. The van der Waals surface area contributed by atoms with Crippen molar-refractivity contribution in [1.82, 2.24) is 9.88 Å². The second kappa shape index (κ2) is 10.1. The van der Waals surface area contributed by atoms with Crippen LogP contribution < -0.4 is 0 Å². The second-order valence-corrected chi connectivity index (χ2v) is 7.78. The quantitative estimate of drug-likeness (QED) is 0.452. The Morgan fingerprint density at radius 1 is 0.935 bits per heavy atom. The van der Waals surface area contributed by atoms with Gasteiger partial charge in [-0.1, -0.05) is 42.5 Å². The summed E-state index contributed by atoms with van der Waals surface area (Å²) in [6.07, 6.45) is 5.61. The number of benzene rings is 2. The van der Waals surface area contributed by atoms with Crippen molar-refractivity contribution in [3.05, 3.63) is 89.1 Å². The molecule has 0 saturated carbocycles. The van der Waals surface area contributed by atoms with Crippen molar-refractivity contribution in [2.75, 3.05) is 20.2 Å². The summed E-state index contributed by atoms with van der Waals surface area (Å²) < 4.78 is 4.78. The number of piperidine rings is 1. The van der Waals surface area contributed by atoms with Gasteiger partial charge in [0.05, 0.1) is 18.4 Å². The summed E-state index contributed by atoms with van der Waals surface area (Å²) in [5, 5.41) is 0. The first-order valence-electron chi connectivity index (χ1n) is 10.7. The fraction of sp³-hybridized carbons (Fsp3) is 0.259. The molecule has 1 aliphatic heterocycles. The fourth-order valence-corrected chi connectivity index (χ4v) is 3.77. The van der Waals surface area contributed by atoms with E-state index in [9.17, 15) is 4.79 Å². The zero-order valence-corrected chi connectivity index (χ0v) is 17.8. The Kier molecular flexibility index (Phi) is 6.76. The molecule has 31 heavy (non-hydrogen) atoms. The summed E-state index contributed by atoms with van der Waals surface area (Å²) in [5.41, 5.74) is 5.44. The first kappa shape index (κ1) is 20.8. The van der Waals surface area contributed by atoms with Crippen molar-refractivity contribution in [2.45, 2.75) is 25.8 Å². The molecule has 0 N–H and O–H groups in total. The number of hydrogen-bond donors (Lipinski definition) is 0. The van der Waals surface area contributed by atoms with Crippen LogP contribution in [0.5, 0.6) is 0 Å². The number of likely N-dealkylation sites (tertiary alicyclic amines) is 1. The van der Waals surface area contributed by atoms with Crippen molar-refractivity contribution in [2.24, 2.45) is 0 Å². The molecule has 1 fully saturated rings. The lowest BCUT2D eigenvalue weighted by molar-refractivity contribution is 0.0600. The number of esters is 1. The zero-order valence-electron chi connectivity index (χ0n) is 17.8. The van der Waals surface area contributed by atoms with Crippen LogP contribution in [0.3, 0.4) is 0 Å². The van der Waals surface area contributed by atoms with Gasteiger partial charge in [-0.05, 0) is 67.9 Å². The summed E-state index contributed by atoms with van der Waals surface area (Å²) in [6.45, 7) is 3.44. The van der Waals surface area contributed by atoms with Gasteiger partial charge in [0.25, 0.3) is 0 Å². The summed E-state index contributed by atoms with van der Waals surface area (Å²) in [6, 6.07) is 19.8. The summed E-state index contributed by atoms with van der Waals surface area (Å²) in [5.74, 6) is 6.10. The SMILES string of the molecule is COC(=O)c1ccnc(-c2ccc(C#Cc3ccc(CN4CCCCC4)cc3)cc2)c1. The monoisotopic (exact) mass is 410 g/mol. The molecule has 1 aromatic heterocycles. The van der Waals surface area contributed by atoms with Gasteiger partial charge in [0.15, 0.2) is 0 Å². The third-order valence-corrected chi connectivity index (χ3v) is 5.52. The van der Waals surface area contributed by atoms with Gasteiger partial charge >= 0.3 is 5.97 Å². The van der Waals surface area contributed by atoms with Crippen LogP contribution in [0.25, 0.3) is 11.3 Å². The molecular weight excluding hydrogens is 384 g/mol. The molecule has 0 bridgehead atoms. The zero-order chi connectivity index (χ0) is 21.5. The van der Waals surface area contributed by atoms with E-state index in [0.29, 0.717) is 5.56 Å². The van der Waals surface area contributed by atoms with E-state index in [2.05, 4.69) is 46.0 Å². The highest BCUT2D eigenvalue weighted by atomic mass is 16.5. The molecule has 0 amide bonds. The van der Waals surface area contributed by atoms with Gasteiger partial charge in [-0.15, -0.1) is 0 Å². The topological polar surface area (TPSA) is 42.4 Å². The molecule has 156 valence electrons. The van der Waals surface area contributed by atoms with E-state index < -0.39 is 0 Å². The minimum Gasteiger partial charge on any atom is -0.465 e.